The quantitative estimate of drug-likeness (QED) is 0.171. The fraction of sp³-hybridized carbons (Fsp3) is 0. The molecule has 0 saturated heterocycles. The van der Waals surface area contributed by atoms with Crippen LogP contribution in [0.5, 0.6) is 0 Å². The molecular formula is C51H31N3O2. The zero-order valence-corrected chi connectivity index (χ0v) is 30.1. The second-order valence-electron chi connectivity index (χ2n) is 13.9. The molecule has 8 aromatic carbocycles. The van der Waals surface area contributed by atoms with Gasteiger partial charge in [0.25, 0.3) is 0 Å². The maximum Gasteiger partial charge on any atom is 0.164 e. The van der Waals surface area contributed by atoms with Gasteiger partial charge in [-0.2, -0.15) is 0 Å². The lowest BCUT2D eigenvalue weighted by Gasteiger charge is -2.13. The highest BCUT2D eigenvalue weighted by atomic mass is 16.3. The first-order chi connectivity index (χ1) is 27.7. The predicted molar refractivity (Wildman–Crippen MR) is 227 cm³/mol. The van der Waals surface area contributed by atoms with E-state index in [9.17, 15) is 0 Å². The highest BCUT2D eigenvalue weighted by Gasteiger charge is 2.23. The Morgan fingerprint density at radius 2 is 0.857 bits per heavy atom. The van der Waals surface area contributed by atoms with E-state index in [1.54, 1.807) is 0 Å². The smallest absolute Gasteiger partial charge is 0.164 e. The van der Waals surface area contributed by atoms with Gasteiger partial charge in [-0.15, -0.1) is 0 Å². The molecule has 0 aliphatic rings. The third-order valence-corrected chi connectivity index (χ3v) is 10.6. The number of nitrogens with zero attached hydrogens (tertiary/aromatic N) is 3. The van der Waals surface area contributed by atoms with Crippen LogP contribution in [-0.4, -0.2) is 15.0 Å². The fourth-order valence-electron chi connectivity index (χ4n) is 7.87. The van der Waals surface area contributed by atoms with Gasteiger partial charge in [0.15, 0.2) is 17.5 Å². The van der Waals surface area contributed by atoms with E-state index < -0.39 is 0 Å². The van der Waals surface area contributed by atoms with Crippen LogP contribution in [0.3, 0.4) is 0 Å². The monoisotopic (exact) mass is 717 g/mol. The second-order valence-corrected chi connectivity index (χ2v) is 13.9. The van der Waals surface area contributed by atoms with Gasteiger partial charge in [-0.25, -0.2) is 15.0 Å². The van der Waals surface area contributed by atoms with Gasteiger partial charge < -0.3 is 8.83 Å². The van der Waals surface area contributed by atoms with E-state index >= 15 is 0 Å². The van der Waals surface area contributed by atoms with E-state index in [0.717, 1.165) is 93.9 Å². The molecule has 5 nitrogen and oxygen atoms in total. The molecule has 0 radical (unpaired) electrons. The summed E-state index contributed by atoms with van der Waals surface area (Å²) in [7, 11) is 0. The molecule has 0 aliphatic carbocycles. The van der Waals surface area contributed by atoms with Gasteiger partial charge in [0, 0.05) is 49.4 Å². The highest BCUT2D eigenvalue weighted by molar-refractivity contribution is 6.16. The standard InChI is InChI=1S/C51H31N3O2/c1-4-14-32(15-5-1)35-20-12-21-37(30-35)46-42(51-53-49(33-16-6-2-7-17-33)52-50(54-51)34-18-8-3-9-19-34)28-27-41-40-24-13-23-38(47(40)56-48(41)46)36-26-29-45-43(31-36)39-22-10-11-25-44(39)55-45/h1-31H. The van der Waals surface area contributed by atoms with Crippen molar-refractivity contribution in [3.63, 3.8) is 0 Å². The van der Waals surface area contributed by atoms with Gasteiger partial charge in [0.2, 0.25) is 0 Å². The van der Waals surface area contributed by atoms with Crippen molar-refractivity contribution < 1.29 is 8.83 Å². The molecule has 0 fully saturated rings. The maximum absolute atomic E-state index is 7.15. The van der Waals surface area contributed by atoms with Crippen LogP contribution in [0.25, 0.3) is 111 Å². The molecule has 0 aliphatic heterocycles. The number of hydrogen-bond donors (Lipinski definition) is 0. The summed E-state index contributed by atoms with van der Waals surface area (Å²) in [4.78, 5) is 15.3. The molecule has 0 spiro atoms. The van der Waals surface area contributed by atoms with Crippen LogP contribution in [0.2, 0.25) is 0 Å². The van der Waals surface area contributed by atoms with Crippen LogP contribution in [0, 0.1) is 0 Å². The van der Waals surface area contributed by atoms with E-state index in [2.05, 4.69) is 103 Å². The fourth-order valence-corrected chi connectivity index (χ4v) is 7.87. The lowest BCUT2D eigenvalue weighted by Crippen LogP contribution is -2.01. The Balaban J connectivity index is 1.18. The summed E-state index contributed by atoms with van der Waals surface area (Å²) in [5, 5.41) is 4.21. The highest BCUT2D eigenvalue weighted by Crippen LogP contribution is 2.45. The SMILES string of the molecule is c1ccc(-c2cccc(-c3c(-c4nc(-c5ccccc5)nc(-c5ccccc5)n4)ccc4c3oc3c(-c5ccc6oc7ccccc7c6c5)cccc34)c2)cc1. The minimum atomic E-state index is 0.567. The first-order valence-corrected chi connectivity index (χ1v) is 18.7. The molecular weight excluding hydrogens is 687 g/mol. The first-order valence-electron chi connectivity index (χ1n) is 18.7. The molecule has 0 N–H and O–H groups in total. The third kappa shape index (κ3) is 5.37. The number of benzene rings is 8. The van der Waals surface area contributed by atoms with Crippen molar-refractivity contribution in [1.82, 2.24) is 15.0 Å². The lowest BCUT2D eigenvalue weighted by molar-refractivity contribution is 0.668. The maximum atomic E-state index is 7.15. The predicted octanol–water partition coefficient (Wildman–Crippen LogP) is 13.7. The summed E-state index contributed by atoms with van der Waals surface area (Å²) < 4.78 is 13.3. The third-order valence-electron chi connectivity index (χ3n) is 10.6. The summed E-state index contributed by atoms with van der Waals surface area (Å²) in [5.74, 6) is 1.78. The summed E-state index contributed by atoms with van der Waals surface area (Å²) in [5.41, 5.74) is 12.2. The first kappa shape index (κ1) is 31.9. The van der Waals surface area contributed by atoms with Gasteiger partial charge in [0.05, 0.1) is 0 Å². The Labute approximate surface area is 322 Å². The van der Waals surface area contributed by atoms with Crippen molar-refractivity contribution in [2.24, 2.45) is 0 Å². The minimum Gasteiger partial charge on any atom is -0.456 e. The number of hydrogen-bond acceptors (Lipinski definition) is 5. The van der Waals surface area contributed by atoms with Gasteiger partial charge in [-0.3, -0.25) is 0 Å². The Kier molecular flexibility index (Phi) is 7.42. The lowest BCUT2D eigenvalue weighted by atomic mass is 9.93. The molecule has 11 rings (SSSR count). The molecule has 0 bridgehead atoms. The number of para-hydroxylation sites is 2. The zero-order chi connectivity index (χ0) is 37.0. The van der Waals surface area contributed by atoms with Crippen LogP contribution in [0.15, 0.2) is 197 Å². The number of aromatic nitrogens is 3. The number of furan rings is 2. The topological polar surface area (TPSA) is 65.0 Å². The Hall–Kier alpha value is -7.63. The molecule has 3 heterocycles. The van der Waals surface area contributed by atoms with Gasteiger partial charge >= 0.3 is 0 Å². The molecule has 3 aromatic heterocycles. The Morgan fingerprint density at radius 3 is 1.61 bits per heavy atom. The van der Waals surface area contributed by atoms with Crippen molar-refractivity contribution in [3.8, 4) is 67.5 Å². The van der Waals surface area contributed by atoms with Crippen molar-refractivity contribution in [2.45, 2.75) is 0 Å². The van der Waals surface area contributed by atoms with Crippen molar-refractivity contribution >= 4 is 43.9 Å². The summed E-state index contributed by atoms with van der Waals surface area (Å²) in [6, 6.07) is 64.5. The number of rotatable bonds is 6. The van der Waals surface area contributed by atoms with Gasteiger partial charge in [-0.05, 0) is 58.7 Å². The van der Waals surface area contributed by atoms with E-state index in [1.165, 1.54) is 0 Å². The molecule has 0 atom stereocenters. The zero-order valence-electron chi connectivity index (χ0n) is 30.1. The van der Waals surface area contributed by atoms with E-state index in [4.69, 9.17) is 23.8 Å². The Morgan fingerprint density at radius 1 is 0.286 bits per heavy atom. The molecule has 0 unspecified atom stereocenters. The van der Waals surface area contributed by atoms with Crippen LogP contribution in [-0.2, 0) is 0 Å². The molecule has 56 heavy (non-hydrogen) atoms. The van der Waals surface area contributed by atoms with Gasteiger partial charge in [-0.1, -0.05) is 152 Å². The van der Waals surface area contributed by atoms with E-state index in [1.807, 2.05) is 84.9 Å². The van der Waals surface area contributed by atoms with Crippen LogP contribution in [0.4, 0.5) is 0 Å². The molecule has 11 aromatic rings. The van der Waals surface area contributed by atoms with Gasteiger partial charge in [0.1, 0.15) is 22.3 Å². The van der Waals surface area contributed by atoms with Crippen LogP contribution in [0.1, 0.15) is 0 Å². The molecule has 0 amide bonds. The van der Waals surface area contributed by atoms with Crippen molar-refractivity contribution in [1.29, 1.82) is 0 Å². The minimum absolute atomic E-state index is 0.567. The molecule has 0 saturated carbocycles. The summed E-state index contributed by atoms with van der Waals surface area (Å²) in [6.45, 7) is 0. The second kappa shape index (κ2) is 13.0. The van der Waals surface area contributed by atoms with E-state index in [0.29, 0.717) is 17.5 Å². The van der Waals surface area contributed by atoms with Crippen LogP contribution < -0.4 is 0 Å². The van der Waals surface area contributed by atoms with Crippen LogP contribution >= 0.6 is 0 Å². The largest absolute Gasteiger partial charge is 0.456 e. The van der Waals surface area contributed by atoms with E-state index in [-0.39, 0.29) is 0 Å². The average molecular weight is 718 g/mol. The number of fused-ring (bicyclic) bond motifs is 6. The Bertz CT molecular complexity index is 3180. The molecule has 5 heteroatoms. The van der Waals surface area contributed by atoms with Crippen molar-refractivity contribution in [3.05, 3.63) is 188 Å². The summed E-state index contributed by atoms with van der Waals surface area (Å²) in [6.07, 6.45) is 0. The van der Waals surface area contributed by atoms with Crippen molar-refractivity contribution in [2.75, 3.05) is 0 Å². The molecule has 262 valence electrons. The normalized spacial score (nSPS) is 11.6. The average Bonchev–Trinajstić information content (AvgIpc) is 3.85. The summed E-state index contributed by atoms with van der Waals surface area (Å²) >= 11 is 0.